The number of ether oxygens (including phenoxy) is 1. The van der Waals surface area contributed by atoms with E-state index in [1.165, 1.54) is 5.56 Å². The summed E-state index contributed by atoms with van der Waals surface area (Å²) in [5.74, 6) is 1.84. The molecule has 0 spiro atoms. The Hall–Kier alpha value is -2.89. The molecule has 2 aromatic heterocycles. The molecular formula is C22H19ClN4O. The number of pyridine rings is 1. The van der Waals surface area contributed by atoms with Gasteiger partial charge in [-0.15, -0.1) is 10.2 Å². The van der Waals surface area contributed by atoms with Crippen molar-refractivity contribution in [2.24, 2.45) is 0 Å². The third-order valence-corrected chi connectivity index (χ3v) is 5.44. The van der Waals surface area contributed by atoms with E-state index in [9.17, 15) is 0 Å². The van der Waals surface area contributed by atoms with E-state index in [2.05, 4.69) is 21.2 Å². The summed E-state index contributed by atoms with van der Waals surface area (Å²) >= 11 is 6.67. The molecular weight excluding hydrogens is 372 g/mol. The minimum atomic E-state index is 0.622. The fraction of sp³-hybridized carbons (Fsp3) is 0.182. The molecule has 0 saturated carbocycles. The van der Waals surface area contributed by atoms with Crippen molar-refractivity contribution in [3.05, 3.63) is 83.3 Å². The minimum absolute atomic E-state index is 0.622. The SMILES string of the molecule is Clc1c(-c2ccccc2)ccn2c(CN3CCOc4ccccc4C3)nnc12. The van der Waals surface area contributed by atoms with Gasteiger partial charge in [-0.1, -0.05) is 60.1 Å². The summed E-state index contributed by atoms with van der Waals surface area (Å²) < 4.78 is 7.84. The summed E-state index contributed by atoms with van der Waals surface area (Å²) in [4.78, 5) is 2.32. The molecule has 28 heavy (non-hydrogen) atoms. The van der Waals surface area contributed by atoms with Gasteiger partial charge in [-0.2, -0.15) is 0 Å². The number of para-hydroxylation sites is 1. The van der Waals surface area contributed by atoms with Crippen molar-refractivity contribution in [1.29, 1.82) is 0 Å². The maximum Gasteiger partial charge on any atom is 0.180 e. The molecule has 5 nitrogen and oxygen atoms in total. The van der Waals surface area contributed by atoms with E-state index in [0.717, 1.165) is 35.8 Å². The Labute approximate surface area is 168 Å². The zero-order chi connectivity index (χ0) is 18.9. The molecule has 0 atom stereocenters. The van der Waals surface area contributed by atoms with Crippen LogP contribution in [0.2, 0.25) is 5.02 Å². The molecule has 0 fully saturated rings. The molecule has 0 amide bonds. The summed E-state index contributed by atoms with van der Waals surface area (Å²) in [5.41, 5.74) is 3.91. The first-order valence-electron chi connectivity index (χ1n) is 9.30. The first-order chi connectivity index (χ1) is 13.8. The van der Waals surface area contributed by atoms with Crippen LogP contribution < -0.4 is 4.74 Å². The molecule has 5 rings (SSSR count). The van der Waals surface area contributed by atoms with Crippen LogP contribution in [0.3, 0.4) is 0 Å². The summed E-state index contributed by atoms with van der Waals surface area (Å²) in [6.45, 7) is 2.99. The van der Waals surface area contributed by atoms with Crippen LogP contribution in [0.1, 0.15) is 11.4 Å². The van der Waals surface area contributed by atoms with Crippen LogP contribution in [0.5, 0.6) is 5.75 Å². The normalized spacial score (nSPS) is 14.5. The first kappa shape index (κ1) is 17.2. The number of fused-ring (bicyclic) bond motifs is 2. The van der Waals surface area contributed by atoms with Gasteiger partial charge in [0.05, 0.1) is 11.6 Å². The molecule has 0 unspecified atom stereocenters. The molecule has 3 heterocycles. The predicted octanol–water partition coefficient (Wildman–Crippen LogP) is 4.44. The molecule has 6 heteroatoms. The number of rotatable bonds is 3. The van der Waals surface area contributed by atoms with Gasteiger partial charge in [-0.3, -0.25) is 9.30 Å². The third-order valence-electron chi connectivity index (χ3n) is 5.07. The van der Waals surface area contributed by atoms with Gasteiger partial charge in [0.1, 0.15) is 12.4 Å². The average molecular weight is 391 g/mol. The van der Waals surface area contributed by atoms with Gasteiger partial charge in [0.15, 0.2) is 11.5 Å². The second-order valence-electron chi connectivity index (χ2n) is 6.89. The summed E-state index contributed by atoms with van der Waals surface area (Å²) in [6.07, 6.45) is 2.00. The minimum Gasteiger partial charge on any atom is -0.492 e. The molecule has 2 aromatic carbocycles. The van der Waals surface area contributed by atoms with Crippen LogP contribution in [0.4, 0.5) is 0 Å². The molecule has 0 N–H and O–H groups in total. The third kappa shape index (κ3) is 3.13. The zero-order valence-corrected chi connectivity index (χ0v) is 16.0. The Balaban J connectivity index is 1.45. The Morgan fingerprint density at radius 1 is 0.964 bits per heavy atom. The average Bonchev–Trinajstić information content (AvgIpc) is 3.02. The lowest BCUT2D eigenvalue weighted by Crippen LogP contribution is -2.26. The van der Waals surface area contributed by atoms with E-state index in [4.69, 9.17) is 16.3 Å². The molecule has 0 radical (unpaired) electrons. The van der Waals surface area contributed by atoms with Crippen LogP contribution in [0.25, 0.3) is 16.8 Å². The van der Waals surface area contributed by atoms with Crippen molar-refractivity contribution >= 4 is 17.2 Å². The fourth-order valence-corrected chi connectivity index (χ4v) is 3.94. The Bertz CT molecular complexity index is 1130. The van der Waals surface area contributed by atoms with Crippen LogP contribution in [0, 0.1) is 0 Å². The van der Waals surface area contributed by atoms with E-state index >= 15 is 0 Å². The maximum atomic E-state index is 6.67. The monoisotopic (exact) mass is 390 g/mol. The maximum absolute atomic E-state index is 6.67. The highest BCUT2D eigenvalue weighted by Gasteiger charge is 2.19. The van der Waals surface area contributed by atoms with Gasteiger partial charge >= 0.3 is 0 Å². The number of hydrogen-bond donors (Lipinski definition) is 0. The van der Waals surface area contributed by atoms with Crippen molar-refractivity contribution < 1.29 is 4.74 Å². The van der Waals surface area contributed by atoms with Crippen LogP contribution >= 0.6 is 11.6 Å². The van der Waals surface area contributed by atoms with E-state index in [0.29, 0.717) is 23.8 Å². The van der Waals surface area contributed by atoms with Gasteiger partial charge < -0.3 is 4.74 Å². The smallest absolute Gasteiger partial charge is 0.180 e. The predicted molar refractivity (Wildman–Crippen MR) is 109 cm³/mol. The van der Waals surface area contributed by atoms with E-state index in [1.54, 1.807) is 0 Å². The first-order valence-corrected chi connectivity index (χ1v) is 9.68. The lowest BCUT2D eigenvalue weighted by atomic mass is 10.1. The Kier molecular flexibility index (Phi) is 4.47. The quantitative estimate of drug-likeness (QED) is 0.518. The lowest BCUT2D eigenvalue weighted by Gasteiger charge is -2.18. The highest BCUT2D eigenvalue weighted by atomic mass is 35.5. The van der Waals surface area contributed by atoms with Crippen molar-refractivity contribution in [3.8, 4) is 16.9 Å². The van der Waals surface area contributed by atoms with Gasteiger partial charge in [0.2, 0.25) is 0 Å². The fourth-order valence-electron chi connectivity index (χ4n) is 3.64. The highest BCUT2D eigenvalue weighted by molar-refractivity contribution is 6.36. The van der Waals surface area contributed by atoms with Crippen molar-refractivity contribution in [3.63, 3.8) is 0 Å². The number of halogens is 1. The lowest BCUT2D eigenvalue weighted by molar-refractivity contribution is 0.215. The van der Waals surface area contributed by atoms with E-state index in [1.807, 2.05) is 65.2 Å². The molecule has 140 valence electrons. The number of benzene rings is 2. The number of hydrogen-bond acceptors (Lipinski definition) is 4. The summed E-state index contributed by atoms with van der Waals surface area (Å²) in [6, 6.07) is 20.3. The molecule has 4 aromatic rings. The van der Waals surface area contributed by atoms with Crippen molar-refractivity contribution in [2.75, 3.05) is 13.2 Å². The Morgan fingerprint density at radius 2 is 1.79 bits per heavy atom. The second-order valence-corrected chi connectivity index (χ2v) is 7.26. The van der Waals surface area contributed by atoms with E-state index in [-0.39, 0.29) is 0 Å². The van der Waals surface area contributed by atoms with Crippen molar-refractivity contribution in [1.82, 2.24) is 19.5 Å². The zero-order valence-electron chi connectivity index (χ0n) is 15.3. The van der Waals surface area contributed by atoms with Crippen molar-refractivity contribution in [2.45, 2.75) is 13.1 Å². The highest BCUT2D eigenvalue weighted by Crippen LogP contribution is 2.31. The molecule has 0 bridgehead atoms. The molecule has 1 aliphatic rings. The Morgan fingerprint density at radius 3 is 2.68 bits per heavy atom. The largest absolute Gasteiger partial charge is 0.492 e. The van der Waals surface area contributed by atoms with Crippen LogP contribution in [-0.4, -0.2) is 32.6 Å². The number of aromatic nitrogens is 3. The summed E-state index contributed by atoms with van der Waals surface area (Å²) in [5, 5.41) is 9.40. The van der Waals surface area contributed by atoms with Gasteiger partial charge in [-0.25, -0.2) is 0 Å². The standard InChI is InChI=1S/C22H19ClN4O/c23-21-18(16-6-2-1-3-7-16)10-11-27-20(24-25-22(21)27)15-26-12-13-28-19-9-5-4-8-17(19)14-26/h1-11H,12-15H2. The van der Waals surface area contributed by atoms with Crippen LogP contribution in [0.15, 0.2) is 66.9 Å². The van der Waals surface area contributed by atoms with Gasteiger partial charge in [-0.05, 0) is 17.7 Å². The molecule has 0 saturated heterocycles. The summed E-state index contributed by atoms with van der Waals surface area (Å²) in [7, 11) is 0. The van der Waals surface area contributed by atoms with Crippen LogP contribution in [-0.2, 0) is 13.1 Å². The molecule has 1 aliphatic heterocycles. The van der Waals surface area contributed by atoms with E-state index < -0.39 is 0 Å². The number of nitrogens with zero attached hydrogens (tertiary/aromatic N) is 4. The topological polar surface area (TPSA) is 42.7 Å². The second kappa shape index (κ2) is 7.26. The van der Waals surface area contributed by atoms with Gasteiger partial charge in [0, 0.05) is 30.4 Å². The molecule has 0 aliphatic carbocycles. The van der Waals surface area contributed by atoms with Gasteiger partial charge in [0.25, 0.3) is 0 Å².